The SMILES string of the molecule is CC1(C)CCC(OCc2cccnc2Cl)CC1. The van der Waals surface area contributed by atoms with Crippen molar-refractivity contribution < 1.29 is 4.74 Å². The maximum Gasteiger partial charge on any atom is 0.134 e. The molecule has 0 radical (unpaired) electrons. The van der Waals surface area contributed by atoms with Crippen LogP contribution in [0.4, 0.5) is 0 Å². The predicted octanol–water partition coefficient (Wildman–Crippen LogP) is 4.22. The summed E-state index contributed by atoms with van der Waals surface area (Å²) in [5.74, 6) is 0. The zero-order chi connectivity index (χ0) is 12.3. The molecule has 1 fully saturated rings. The molecule has 1 aromatic heterocycles. The number of rotatable bonds is 3. The van der Waals surface area contributed by atoms with Crippen molar-refractivity contribution >= 4 is 11.6 Å². The number of halogens is 1. The summed E-state index contributed by atoms with van der Waals surface area (Å²) >= 11 is 6.00. The van der Waals surface area contributed by atoms with E-state index in [4.69, 9.17) is 16.3 Å². The Morgan fingerprint density at radius 1 is 1.41 bits per heavy atom. The minimum absolute atomic E-state index is 0.388. The molecule has 94 valence electrons. The molecular weight excluding hydrogens is 234 g/mol. The first-order chi connectivity index (χ1) is 8.07. The van der Waals surface area contributed by atoms with E-state index in [9.17, 15) is 0 Å². The number of hydrogen-bond acceptors (Lipinski definition) is 2. The topological polar surface area (TPSA) is 22.1 Å². The molecule has 0 aliphatic heterocycles. The van der Waals surface area contributed by atoms with Gasteiger partial charge in [-0.2, -0.15) is 0 Å². The van der Waals surface area contributed by atoms with Crippen LogP contribution in [0.1, 0.15) is 45.1 Å². The minimum atomic E-state index is 0.388. The first-order valence-corrected chi connectivity index (χ1v) is 6.66. The van der Waals surface area contributed by atoms with Crippen molar-refractivity contribution in [1.29, 1.82) is 0 Å². The Labute approximate surface area is 108 Å². The molecule has 1 saturated carbocycles. The highest BCUT2D eigenvalue weighted by molar-refractivity contribution is 6.30. The second-order valence-corrected chi connectivity index (χ2v) is 5.99. The van der Waals surface area contributed by atoms with Crippen LogP contribution in [0, 0.1) is 5.41 Å². The van der Waals surface area contributed by atoms with Gasteiger partial charge in [-0.1, -0.05) is 31.5 Å². The lowest BCUT2D eigenvalue weighted by Crippen LogP contribution is -2.26. The van der Waals surface area contributed by atoms with Crippen LogP contribution >= 0.6 is 11.6 Å². The Balaban J connectivity index is 1.82. The standard InChI is InChI=1S/C14H20ClNO/c1-14(2)7-5-12(6-8-14)17-10-11-4-3-9-16-13(11)15/h3-4,9,12H,5-8,10H2,1-2H3. The Kier molecular flexibility index (Phi) is 4.05. The summed E-state index contributed by atoms with van der Waals surface area (Å²) in [6.45, 7) is 5.25. The van der Waals surface area contributed by atoms with Crippen molar-refractivity contribution in [1.82, 2.24) is 4.98 Å². The second-order valence-electron chi connectivity index (χ2n) is 5.63. The van der Waals surface area contributed by atoms with Gasteiger partial charge in [-0.05, 0) is 37.2 Å². The molecule has 0 atom stereocenters. The summed E-state index contributed by atoms with van der Waals surface area (Å²) in [6.07, 6.45) is 6.90. The van der Waals surface area contributed by atoms with E-state index < -0.39 is 0 Å². The Morgan fingerprint density at radius 3 is 2.76 bits per heavy atom. The molecule has 2 rings (SSSR count). The van der Waals surface area contributed by atoms with Gasteiger partial charge in [0, 0.05) is 11.8 Å². The quantitative estimate of drug-likeness (QED) is 0.753. The van der Waals surface area contributed by atoms with Gasteiger partial charge in [0.05, 0.1) is 12.7 Å². The van der Waals surface area contributed by atoms with Crippen molar-refractivity contribution in [2.45, 2.75) is 52.2 Å². The Hall–Kier alpha value is -0.600. The molecule has 17 heavy (non-hydrogen) atoms. The summed E-state index contributed by atoms with van der Waals surface area (Å²) in [7, 11) is 0. The van der Waals surface area contributed by atoms with Gasteiger partial charge in [-0.3, -0.25) is 0 Å². The van der Waals surface area contributed by atoms with Crippen molar-refractivity contribution in [3.05, 3.63) is 29.0 Å². The van der Waals surface area contributed by atoms with Crippen LogP contribution in [-0.4, -0.2) is 11.1 Å². The highest BCUT2D eigenvalue weighted by Crippen LogP contribution is 2.36. The molecule has 1 aliphatic carbocycles. The van der Waals surface area contributed by atoms with Crippen LogP contribution in [0.25, 0.3) is 0 Å². The third-order valence-electron chi connectivity index (χ3n) is 3.60. The molecule has 2 nitrogen and oxygen atoms in total. The maximum atomic E-state index is 6.00. The zero-order valence-corrected chi connectivity index (χ0v) is 11.3. The number of nitrogens with zero attached hydrogens (tertiary/aromatic N) is 1. The number of ether oxygens (including phenoxy) is 1. The second kappa shape index (κ2) is 5.36. The van der Waals surface area contributed by atoms with E-state index in [1.165, 1.54) is 12.8 Å². The third-order valence-corrected chi connectivity index (χ3v) is 3.94. The minimum Gasteiger partial charge on any atom is -0.373 e. The van der Waals surface area contributed by atoms with Gasteiger partial charge in [0.1, 0.15) is 5.15 Å². The van der Waals surface area contributed by atoms with E-state index in [1.54, 1.807) is 6.20 Å². The summed E-state index contributed by atoms with van der Waals surface area (Å²) in [5.41, 5.74) is 1.48. The molecule has 0 unspecified atom stereocenters. The summed E-state index contributed by atoms with van der Waals surface area (Å²) in [4.78, 5) is 4.05. The Bertz CT molecular complexity index is 368. The van der Waals surface area contributed by atoms with E-state index in [2.05, 4.69) is 18.8 Å². The van der Waals surface area contributed by atoms with Gasteiger partial charge in [-0.25, -0.2) is 4.98 Å². The van der Waals surface area contributed by atoms with Gasteiger partial charge in [0.25, 0.3) is 0 Å². The van der Waals surface area contributed by atoms with Crippen LogP contribution in [0.3, 0.4) is 0 Å². The first-order valence-electron chi connectivity index (χ1n) is 6.28. The molecule has 1 aromatic rings. The zero-order valence-electron chi connectivity index (χ0n) is 10.6. The molecule has 0 bridgehead atoms. The number of hydrogen-bond donors (Lipinski definition) is 0. The molecule has 0 aromatic carbocycles. The van der Waals surface area contributed by atoms with Gasteiger partial charge >= 0.3 is 0 Å². The summed E-state index contributed by atoms with van der Waals surface area (Å²) in [6, 6.07) is 3.87. The fourth-order valence-electron chi connectivity index (χ4n) is 2.27. The summed E-state index contributed by atoms with van der Waals surface area (Å²) in [5, 5.41) is 0.559. The molecule has 0 spiro atoms. The molecule has 1 aliphatic rings. The monoisotopic (exact) mass is 253 g/mol. The Morgan fingerprint density at radius 2 is 2.12 bits per heavy atom. The fourth-order valence-corrected chi connectivity index (χ4v) is 2.45. The average molecular weight is 254 g/mol. The van der Waals surface area contributed by atoms with Crippen LogP contribution in [0.15, 0.2) is 18.3 Å². The van der Waals surface area contributed by atoms with E-state index in [0.29, 0.717) is 23.3 Å². The average Bonchev–Trinajstić information content (AvgIpc) is 2.30. The van der Waals surface area contributed by atoms with E-state index in [1.807, 2.05) is 12.1 Å². The smallest absolute Gasteiger partial charge is 0.134 e. The third kappa shape index (κ3) is 3.68. The van der Waals surface area contributed by atoms with Crippen molar-refractivity contribution in [3.63, 3.8) is 0 Å². The van der Waals surface area contributed by atoms with Crippen LogP contribution < -0.4 is 0 Å². The lowest BCUT2D eigenvalue weighted by atomic mass is 9.76. The highest BCUT2D eigenvalue weighted by atomic mass is 35.5. The molecule has 1 heterocycles. The van der Waals surface area contributed by atoms with Gasteiger partial charge in [-0.15, -0.1) is 0 Å². The lowest BCUT2D eigenvalue weighted by Gasteiger charge is -2.34. The van der Waals surface area contributed by atoms with Crippen molar-refractivity contribution in [2.24, 2.45) is 5.41 Å². The van der Waals surface area contributed by atoms with E-state index >= 15 is 0 Å². The largest absolute Gasteiger partial charge is 0.373 e. The summed E-state index contributed by atoms with van der Waals surface area (Å²) < 4.78 is 5.92. The van der Waals surface area contributed by atoms with Crippen molar-refractivity contribution in [3.8, 4) is 0 Å². The number of pyridine rings is 1. The first kappa shape index (κ1) is 12.8. The molecule has 0 amide bonds. The van der Waals surface area contributed by atoms with E-state index in [0.717, 1.165) is 18.4 Å². The normalized spacial score (nSPS) is 20.4. The number of aromatic nitrogens is 1. The van der Waals surface area contributed by atoms with Gasteiger partial charge in [0.2, 0.25) is 0 Å². The van der Waals surface area contributed by atoms with Crippen LogP contribution in [-0.2, 0) is 11.3 Å². The lowest BCUT2D eigenvalue weighted by molar-refractivity contribution is -0.00564. The van der Waals surface area contributed by atoms with Gasteiger partial charge in [0.15, 0.2) is 0 Å². The molecule has 0 N–H and O–H groups in total. The molecular formula is C14H20ClNO. The fraction of sp³-hybridized carbons (Fsp3) is 0.643. The van der Waals surface area contributed by atoms with E-state index in [-0.39, 0.29) is 0 Å². The predicted molar refractivity (Wildman–Crippen MR) is 70.1 cm³/mol. The highest BCUT2D eigenvalue weighted by Gasteiger charge is 2.27. The molecule has 0 saturated heterocycles. The van der Waals surface area contributed by atoms with Crippen molar-refractivity contribution in [2.75, 3.05) is 0 Å². The maximum absolute atomic E-state index is 6.00. The molecule has 3 heteroatoms. The van der Waals surface area contributed by atoms with Gasteiger partial charge < -0.3 is 4.74 Å². The van der Waals surface area contributed by atoms with Crippen LogP contribution in [0.5, 0.6) is 0 Å². The van der Waals surface area contributed by atoms with Crippen LogP contribution in [0.2, 0.25) is 5.15 Å².